The van der Waals surface area contributed by atoms with Crippen LogP contribution in [0.5, 0.6) is 0 Å². The second-order valence-electron chi connectivity index (χ2n) is 6.97. The molecule has 154 valence electrons. The standard InChI is InChI=1S/C20H25Cl2NO4S/c1-14-11-17(21)12-18(22)20(14)28(26,27)23-13-16-9-6-5-8-15(16)7-3-2-4-10-19(24)25/h3,5-7,11-12,15-16,23H,2,4,8-10,13H2,1H3,(H,24,25)/b7-3-/t15-,16+/m0/s1. The van der Waals surface area contributed by atoms with Gasteiger partial charge in [0.15, 0.2) is 0 Å². The van der Waals surface area contributed by atoms with Crippen molar-refractivity contribution < 1.29 is 18.3 Å². The molecule has 1 aliphatic carbocycles. The number of sulfonamides is 1. The zero-order valence-electron chi connectivity index (χ0n) is 15.7. The van der Waals surface area contributed by atoms with E-state index in [9.17, 15) is 13.2 Å². The molecule has 0 bridgehead atoms. The fourth-order valence-electron chi connectivity index (χ4n) is 3.32. The first-order valence-electron chi connectivity index (χ1n) is 9.19. The molecule has 2 rings (SSSR count). The summed E-state index contributed by atoms with van der Waals surface area (Å²) in [6.45, 7) is 1.97. The smallest absolute Gasteiger partial charge is 0.303 e. The Morgan fingerprint density at radius 2 is 2.00 bits per heavy atom. The van der Waals surface area contributed by atoms with E-state index in [-0.39, 0.29) is 28.2 Å². The monoisotopic (exact) mass is 445 g/mol. The van der Waals surface area contributed by atoms with Crippen molar-refractivity contribution in [2.75, 3.05) is 6.54 Å². The Balaban J connectivity index is 2.02. The summed E-state index contributed by atoms with van der Waals surface area (Å²) in [4.78, 5) is 10.6. The van der Waals surface area contributed by atoms with E-state index in [2.05, 4.69) is 23.0 Å². The van der Waals surface area contributed by atoms with Crippen molar-refractivity contribution in [3.05, 3.63) is 52.0 Å². The van der Waals surface area contributed by atoms with E-state index in [0.717, 1.165) is 12.8 Å². The normalized spacial score (nSPS) is 20.0. The Morgan fingerprint density at radius 1 is 1.29 bits per heavy atom. The number of hydrogen-bond acceptors (Lipinski definition) is 3. The summed E-state index contributed by atoms with van der Waals surface area (Å²) in [6.07, 6.45) is 11.3. The summed E-state index contributed by atoms with van der Waals surface area (Å²) in [6, 6.07) is 3.00. The number of halogens is 2. The number of carboxylic acids is 1. The molecule has 1 aromatic rings. The van der Waals surface area contributed by atoms with Crippen LogP contribution < -0.4 is 4.72 Å². The van der Waals surface area contributed by atoms with Crippen molar-refractivity contribution in [2.45, 2.75) is 43.9 Å². The summed E-state index contributed by atoms with van der Waals surface area (Å²) >= 11 is 12.1. The van der Waals surface area contributed by atoms with Gasteiger partial charge in [-0.15, -0.1) is 0 Å². The number of aryl methyl sites for hydroxylation is 1. The van der Waals surface area contributed by atoms with Crippen LogP contribution in [0.2, 0.25) is 10.0 Å². The Labute approximate surface area is 176 Å². The molecule has 0 spiro atoms. The zero-order valence-corrected chi connectivity index (χ0v) is 18.0. The Hall–Kier alpha value is -1.34. The molecule has 0 radical (unpaired) electrons. The largest absolute Gasteiger partial charge is 0.481 e. The topological polar surface area (TPSA) is 83.5 Å². The van der Waals surface area contributed by atoms with Crippen molar-refractivity contribution >= 4 is 39.2 Å². The maximum atomic E-state index is 12.8. The molecule has 0 unspecified atom stereocenters. The number of hydrogen-bond donors (Lipinski definition) is 2. The number of unbranched alkanes of at least 4 members (excludes halogenated alkanes) is 1. The van der Waals surface area contributed by atoms with Crippen LogP contribution in [0, 0.1) is 18.8 Å². The minimum atomic E-state index is -3.75. The third kappa shape index (κ3) is 6.62. The van der Waals surface area contributed by atoms with Crippen LogP contribution in [0.15, 0.2) is 41.3 Å². The van der Waals surface area contributed by atoms with Crippen molar-refractivity contribution in [1.29, 1.82) is 0 Å². The van der Waals surface area contributed by atoms with Crippen LogP contribution in [0.1, 0.15) is 37.7 Å². The molecule has 0 aromatic heterocycles. The van der Waals surface area contributed by atoms with Gasteiger partial charge in [-0.25, -0.2) is 13.1 Å². The molecule has 28 heavy (non-hydrogen) atoms. The molecule has 5 nitrogen and oxygen atoms in total. The summed E-state index contributed by atoms with van der Waals surface area (Å²) in [5.41, 5.74) is 0.503. The van der Waals surface area contributed by atoms with Crippen LogP contribution in [0.25, 0.3) is 0 Å². The highest BCUT2D eigenvalue weighted by atomic mass is 35.5. The second-order valence-corrected chi connectivity index (χ2v) is 9.51. The van der Waals surface area contributed by atoms with Gasteiger partial charge in [0.2, 0.25) is 10.0 Å². The third-order valence-electron chi connectivity index (χ3n) is 4.76. The van der Waals surface area contributed by atoms with Gasteiger partial charge in [-0.1, -0.05) is 47.5 Å². The lowest BCUT2D eigenvalue weighted by molar-refractivity contribution is -0.137. The second kappa shape index (κ2) is 10.4. The van der Waals surface area contributed by atoms with E-state index in [1.54, 1.807) is 13.0 Å². The van der Waals surface area contributed by atoms with Crippen LogP contribution in [-0.2, 0) is 14.8 Å². The molecule has 0 aliphatic heterocycles. The van der Waals surface area contributed by atoms with Gasteiger partial charge in [-0.2, -0.15) is 0 Å². The maximum Gasteiger partial charge on any atom is 0.303 e. The van der Waals surface area contributed by atoms with E-state index in [1.165, 1.54) is 6.07 Å². The molecule has 2 atom stereocenters. The summed E-state index contributed by atoms with van der Waals surface area (Å²) < 4.78 is 28.2. The highest BCUT2D eigenvalue weighted by molar-refractivity contribution is 7.89. The third-order valence-corrected chi connectivity index (χ3v) is 7.02. The van der Waals surface area contributed by atoms with Crippen molar-refractivity contribution in [3.8, 4) is 0 Å². The zero-order chi connectivity index (χ0) is 20.7. The van der Waals surface area contributed by atoms with Crippen LogP contribution >= 0.6 is 23.2 Å². The lowest BCUT2D eigenvalue weighted by Gasteiger charge is -2.26. The Bertz CT molecular complexity index is 842. The number of aliphatic carboxylic acids is 1. The molecular weight excluding hydrogens is 421 g/mol. The predicted octanol–water partition coefficient (Wildman–Crippen LogP) is 4.97. The number of rotatable bonds is 9. The van der Waals surface area contributed by atoms with E-state index in [1.807, 2.05) is 6.08 Å². The molecule has 0 heterocycles. The van der Waals surface area contributed by atoms with Crippen molar-refractivity contribution in [3.63, 3.8) is 0 Å². The highest BCUT2D eigenvalue weighted by Gasteiger charge is 2.25. The van der Waals surface area contributed by atoms with Gasteiger partial charge < -0.3 is 5.11 Å². The number of nitrogens with one attached hydrogen (secondary N) is 1. The van der Waals surface area contributed by atoms with Gasteiger partial charge in [0.1, 0.15) is 4.90 Å². The van der Waals surface area contributed by atoms with Gasteiger partial charge in [-0.3, -0.25) is 4.79 Å². The molecule has 1 aliphatic rings. The molecule has 8 heteroatoms. The molecule has 0 fully saturated rings. The van der Waals surface area contributed by atoms with Crippen LogP contribution in [0.3, 0.4) is 0 Å². The average molecular weight is 446 g/mol. The van der Waals surface area contributed by atoms with E-state index >= 15 is 0 Å². The molecule has 2 N–H and O–H groups in total. The molecule has 0 saturated carbocycles. The summed E-state index contributed by atoms with van der Waals surface area (Å²) in [5.74, 6) is -0.460. The van der Waals surface area contributed by atoms with E-state index in [0.29, 0.717) is 30.0 Å². The molecular formula is C20H25Cl2NO4S. The first kappa shape index (κ1) is 22.9. The number of allylic oxidation sites excluding steroid dienone is 4. The Kier molecular flexibility index (Phi) is 8.56. The molecule has 0 saturated heterocycles. The minimum Gasteiger partial charge on any atom is -0.481 e. The number of carbonyl (C=O) groups is 1. The van der Waals surface area contributed by atoms with Crippen molar-refractivity contribution in [1.82, 2.24) is 4.72 Å². The van der Waals surface area contributed by atoms with Gasteiger partial charge in [0, 0.05) is 18.0 Å². The maximum absolute atomic E-state index is 12.8. The van der Waals surface area contributed by atoms with Crippen LogP contribution in [0.4, 0.5) is 0 Å². The van der Waals surface area contributed by atoms with E-state index in [4.69, 9.17) is 28.3 Å². The number of carboxylic acid groups (broad SMARTS) is 1. The highest BCUT2D eigenvalue weighted by Crippen LogP contribution is 2.30. The first-order valence-corrected chi connectivity index (χ1v) is 11.4. The minimum absolute atomic E-state index is 0.0608. The summed E-state index contributed by atoms with van der Waals surface area (Å²) in [7, 11) is -3.75. The summed E-state index contributed by atoms with van der Waals surface area (Å²) in [5, 5.41) is 9.19. The van der Waals surface area contributed by atoms with Gasteiger partial charge in [0.05, 0.1) is 5.02 Å². The van der Waals surface area contributed by atoms with Crippen LogP contribution in [-0.4, -0.2) is 26.0 Å². The van der Waals surface area contributed by atoms with Gasteiger partial charge in [-0.05, 0) is 62.1 Å². The average Bonchev–Trinajstić information content (AvgIpc) is 2.59. The lowest BCUT2D eigenvalue weighted by atomic mass is 9.83. The predicted molar refractivity (Wildman–Crippen MR) is 112 cm³/mol. The quantitative estimate of drug-likeness (QED) is 0.414. The first-order chi connectivity index (χ1) is 13.2. The SMILES string of the molecule is Cc1cc(Cl)cc(Cl)c1S(=O)(=O)NC[C@H]1CC=CC[C@@H]1/C=C\CCCC(=O)O. The number of benzene rings is 1. The fourth-order valence-corrected chi connectivity index (χ4v) is 5.60. The Morgan fingerprint density at radius 3 is 2.68 bits per heavy atom. The van der Waals surface area contributed by atoms with Gasteiger partial charge >= 0.3 is 5.97 Å². The van der Waals surface area contributed by atoms with Gasteiger partial charge in [0.25, 0.3) is 0 Å². The van der Waals surface area contributed by atoms with E-state index < -0.39 is 16.0 Å². The lowest BCUT2D eigenvalue weighted by Crippen LogP contribution is -2.33. The fraction of sp³-hybridized carbons (Fsp3) is 0.450. The molecule has 0 amide bonds. The van der Waals surface area contributed by atoms with Crippen molar-refractivity contribution in [2.24, 2.45) is 11.8 Å². The molecule has 1 aromatic carbocycles.